The molecule has 10 heteroatoms. The molecule has 2 heterocycles. The van der Waals surface area contributed by atoms with Crippen LogP contribution in [0.5, 0.6) is 0 Å². The Bertz CT molecular complexity index is 591. The summed E-state index contributed by atoms with van der Waals surface area (Å²) in [6.45, 7) is 1.41. The molecule has 2 rings (SSSR count). The quantitative estimate of drug-likeness (QED) is 0.785. The number of carbonyl (C=O) groups is 2. The molecule has 0 aliphatic carbocycles. The van der Waals surface area contributed by atoms with Gasteiger partial charge in [-0.25, -0.2) is 4.68 Å². The van der Waals surface area contributed by atoms with E-state index in [1.54, 1.807) is 6.92 Å². The van der Waals surface area contributed by atoms with Crippen LogP contribution in [0.15, 0.2) is 6.20 Å². The van der Waals surface area contributed by atoms with Crippen LogP contribution >= 0.6 is 11.3 Å². The molecule has 0 bridgehead atoms. The van der Waals surface area contributed by atoms with Gasteiger partial charge in [-0.2, -0.15) is 0 Å². The van der Waals surface area contributed by atoms with Gasteiger partial charge in [-0.05, 0) is 6.92 Å². The lowest BCUT2D eigenvalue weighted by atomic mass is 10.4. The van der Waals surface area contributed by atoms with Crippen molar-refractivity contribution < 1.29 is 14.7 Å². The molecule has 2 aromatic rings. The fraction of sp³-hybridized carbons (Fsp3) is 0.250. The fourth-order valence-electron chi connectivity index (χ4n) is 1.13. The highest BCUT2D eigenvalue weighted by Crippen LogP contribution is 2.14. The van der Waals surface area contributed by atoms with E-state index in [2.05, 4.69) is 25.8 Å². The number of hydrogen-bond donors (Lipinski definition) is 2. The molecule has 0 aromatic carbocycles. The molecule has 0 spiro atoms. The summed E-state index contributed by atoms with van der Waals surface area (Å²) in [6, 6.07) is 0. The molecule has 1 amide bonds. The molecule has 0 aliphatic heterocycles. The molecule has 0 unspecified atom stereocenters. The number of carboxylic acid groups (broad SMARTS) is 1. The highest BCUT2D eigenvalue weighted by Gasteiger charge is 2.13. The van der Waals surface area contributed by atoms with Gasteiger partial charge in [0.25, 0.3) is 5.91 Å². The number of anilines is 1. The van der Waals surface area contributed by atoms with Crippen LogP contribution < -0.4 is 5.32 Å². The molecule has 0 fully saturated rings. The van der Waals surface area contributed by atoms with Gasteiger partial charge in [0.2, 0.25) is 5.13 Å². The maximum absolute atomic E-state index is 11.7. The molecule has 0 saturated carbocycles. The third-order valence-corrected chi connectivity index (χ3v) is 2.57. The number of carboxylic acids is 1. The molecule has 18 heavy (non-hydrogen) atoms. The van der Waals surface area contributed by atoms with Crippen LogP contribution in [0.2, 0.25) is 0 Å². The van der Waals surface area contributed by atoms with Gasteiger partial charge in [0.15, 0.2) is 5.69 Å². The second kappa shape index (κ2) is 4.87. The van der Waals surface area contributed by atoms with Crippen LogP contribution in [-0.4, -0.2) is 42.2 Å². The van der Waals surface area contributed by atoms with Gasteiger partial charge >= 0.3 is 5.97 Å². The average molecular weight is 268 g/mol. The molecule has 2 aromatic heterocycles. The summed E-state index contributed by atoms with van der Waals surface area (Å²) in [7, 11) is 0. The Morgan fingerprint density at radius 2 is 2.22 bits per heavy atom. The monoisotopic (exact) mass is 268 g/mol. The first-order valence-electron chi connectivity index (χ1n) is 4.78. The van der Waals surface area contributed by atoms with Crippen LogP contribution in [0.1, 0.15) is 15.5 Å². The van der Waals surface area contributed by atoms with Crippen LogP contribution in [0.25, 0.3) is 0 Å². The summed E-state index contributed by atoms with van der Waals surface area (Å²) in [5.41, 5.74) is 0.0177. The maximum atomic E-state index is 11.7. The molecule has 94 valence electrons. The minimum Gasteiger partial charge on any atom is -0.480 e. The van der Waals surface area contributed by atoms with E-state index in [0.717, 1.165) is 9.69 Å². The number of aromatic nitrogens is 5. The van der Waals surface area contributed by atoms with Crippen molar-refractivity contribution in [3.63, 3.8) is 0 Å². The molecule has 2 N–H and O–H groups in total. The standard InChI is InChI=1S/C8H8N6O3S/c1-4-10-12-8(18-4)9-7(17)5-2-14(13-11-5)3-6(15)16/h2H,3H2,1H3,(H,15,16)(H,9,12,17). The van der Waals surface area contributed by atoms with Crippen molar-refractivity contribution in [3.05, 3.63) is 16.9 Å². The normalized spacial score (nSPS) is 10.3. The number of nitrogens with zero attached hydrogens (tertiary/aromatic N) is 5. The predicted octanol–water partition coefficient (Wildman–Crippen LogP) is -0.225. The third-order valence-electron chi connectivity index (χ3n) is 1.82. The number of aryl methyl sites for hydroxylation is 1. The summed E-state index contributed by atoms with van der Waals surface area (Å²) < 4.78 is 1.06. The number of aliphatic carboxylic acids is 1. The van der Waals surface area contributed by atoms with Gasteiger partial charge in [-0.15, -0.1) is 15.3 Å². The maximum Gasteiger partial charge on any atom is 0.325 e. The van der Waals surface area contributed by atoms with Crippen LogP contribution in [0.4, 0.5) is 5.13 Å². The van der Waals surface area contributed by atoms with E-state index in [1.807, 2.05) is 0 Å². The molecule has 0 saturated heterocycles. The predicted molar refractivity (Wildman–Crippen MR) is 60.3 cm³/mol. The summed E-state index contributed by atoms with van der Waals surface area (Å²) in [4.78, 5) is 22.1. The first kappa shape index (κ1) is 12.1. The van der Waals surface area contributed by atoms with E-state index in [4.69, 9.17) is 5.11 Å². The number of amides is 1. The Morgan fingerprint density at radius 1 is 1.44 bits per heavy atom. The second-order valence-corrected chi connectivity index (χ2v) is 4.46. The molecule has 0 radical (unpaired) electrons. The first-order valence-corrected chi connectivity index (χ1v) is 5.59. The van der Waals surface area contributed by atoms with E-state index in [0.29, 0.717) is 5.13 Å². The fourth-order valence-corrected chi connectivity index (χ4v) is 1.71. The zero-order valence-corrected chi connectivity index (χ0v) is 10.0. The van der Waals surface area contributed by atoms with Crippen molar-refractivity contribution in [2.24, 2.45) is 0 Å². The number of carbonyl (C=O) groups excluding carboxylic acids is 1. The van der Waals surface area contributed by atoms with Gasteiger partial charge in [0, 0.05) is 0 Å². The van der Waals surface area contributed by atoms with E-state index >= 15 is 0 Å². The van der Waals surface area contributed by atoms with Crippen molar-refractivity contribution in [2.45, 2.75) is 13.5 Å². The first-order chi connectivity index (χ1) is 8.54. The second-order valence-electron chi connectivity index (χ2n) is 3.28. The third kappa shape index (κ3) is 2.85. The largest absolute Gasteiger partial charge is 0.480 e. The zero-order chi connectivity index (χ0) is 13.1. The van der Waals surface area contributed by atoms with E-state index in [1.165, 1.54) is 17.5 Å². The van der Waals surface area contributed by atoms with Gasteiger partial charge in [-0.3, -0.25) is 14.9 Å². The van der Waals surface area contributed by atoms with Crippen LogP contribution in [-0.2, 0) is 11.3 Å². The van der Waals surface area contributed by atoms with Gasteiger partial charge in [0.1, 0.15) is 11.6 Å². The zero-order valence-electron chi connectivity index (χ0n) is 9.19. The minimum absolute atomic E-state index is 0.0177. The van der Waals surface area contributed by atoms with Crippen LogP contribution in [0, 0.1) is 6.92 Å². The lowest BCUT2D eigenvalue weighted by molar-refractivity contribution is -0.137. The summed E-state index contributed by atoms with van der Waals surface area (Å²) >= 11 is 1.22. The smallest absolute Gasteiger partial charge is 0.325 e. The Labute approximate surface area is 104 Å². The molecular formula is C8H8N6O3S. The van der Waals surface area contributed by atoms with Gasteiger partial charge in [0.05, 0.1) is 6.20 Å². The minimum atomic E-state index is -1.06. The van der Waals surface area contributed by atoms with Crippen molar-refractivity contribution in [1.29, 1.82) is 0 Å². The average Bonchev–Trinajstić information content (AvgIpc) is 2.87. The van der Waals surface area contributed by atoms with Crippen molar-refractivity contribution in [1.82, 2.24) is 25.2 Å². The van der Waals surface area contributed by atoms with Crippen molar-refractivity contribution in [3.8, 4) is 0 Å². The van der Waals surface area contributed by atoms with Crippen LogP contribution in [0.3, 0.4) is 0 Å². The Balaban J connectivity index is 2.05. The number of rotatable bonds is 4. The number of nitrogens with one attached hydrogen (secondary N) is 1. The van der Waals surface area contributed by atoms with E-state index in [9.17, 15) is 9.59 Å². The summed E-state index contributed by atoms with van der Waals surface area (Å²) in [5, 5.41) is 26.7. The van der Waals surface area contributed by atoms with Crippen molar-refractivity contribution in [2.75, 3.05) is 5.32 Å². The molecular weight excluding hydrogens is 260 g/mol. The van der Waals surface area contributed by atoms with Gasteiger partial charge < -0.3 is 5.11 Å². The van der Waals surface area contributed by atoms with Crippen molar-refractivity contribution >= 4 is 28.3 Å². The Kier molecular flexibility index (Phi) is 3.28. The molecule has 0 atom stereocenters. The topological polar surface area (TPSA) is 123 Å². The molecule has 0 aliphatic rings. The van der Waals surface area contributed by atoms with E-state index < -0.39 is 11.9 Å². The lowest BCUT2D eigenvalue weighted by Crippen LogP contribution is -2.12. The Hall–Kier alpha value is -2.36. The highest BCUT2D eigenvalue weighted by molar-refractivity contribution is 7.15. The molecule has 9 nitrogen and oxygen atoms in total. The number of hydrogen-bond acceptors (Lipinski definition) is 7. The summed E-state index contributed by atoms with van der Waals surface area (Å²) in [5.74, 6) is -1.57. The SMILES string of the molecule is Cc1nnc(NC(=O)c2cn(CC(=O)O)nn2)s1. The lowest BCUT2D eigenvalue weighted by Gasteiger charge is -1.95. The van der Waals surface area contributed by atoms with Gasteiger partial charge in [-0.1, -0.05) is 16.6 Å². The summed E-state index contributed by atoms with van der Waals surface area (Å²) in [6.07, 6.45) is 1.25. The van der Waals surface area contributed by atoms with E-state index in [-0.39, 0.29) is 12.2 Å². The highest BCUT2D eigenvalue weighted by atomic mass is 32.1. The Morgan fingerprint density at radius 3 is 2.83 bits per heavy atom.